The molecule has 0 aliphatic carbocycles. The van der Waals surface area contributed by atoms with Crippen molar-refractivity contribution in [2.24, 2.45) is 0 Å². The molecule has 1 fully saturated rings. The lowest BCUT2D eigenvalue weighted by Crippen LogP contribution is -2.53. The van der Waals surface area contributed by atoms with Crippen LogP contribution in [0.1, 0.15) is 6.92 Å². The number of nitrogens with zero attached hydrogens (tertiary/aromatic N) is 2. The maximum atomic E-state index is 12.3. The van der Waals surface area contributed by atoms with Gasteiger partial charge in [0.05, 0.1) is 23.0 Å². The maximum Gasteiger partial charge on any atom is 0.241 e. The van der Waals surface area contributed by atoms with E-state index < -0.39 is 10.0 Å². The molecule has 1 aromatic carbocycles. The number of hydrogen-bond acceptors (Lipinski definition) is 4. The minimum absolute atomic E-state index is 0.152. The summed E-state index contributed by atoms with van der Waals surface area (Å²) in [5.41, 5.74) is 0.579. The van der Waals surface area contributed by atoms with Crippen molar-refractivity contribution < 1.29 is 13.2 Å². The SMILES string of the molecule is CC(C(=O)Nc1ccccc1Cl)N1CCN(S(C)(=O)=O)CC1. The van der Waals surface area contributed by atoms with Crippen LogP contribution >= 0.6 is 11.6 Å². The fourth-order valence-corrected chi connectivity index (χ4v) is 3.40. The Morgan fingerprint density at radius 2 is 1.82 bits per heavy atom. The Balaban J connectivity index is 1.94. The van der Waals surface area contributed by atoms with E-state index in [1.54, 1.807) is 24.3 Å². The molecular formula is C14H20ClN3O3S. The Hall–Kier alpha value is -1.15. The zero-order valence-corrected chi connectivity index (χ0v) is 14.2. The maximum absolute atomic E-state index is 12.3. The van der Waals surface area contributed by atoms with Gasteiger partial charge in [0.1, 0.15) is 0 Å². The Labute approximate surface area is 136 Å². The number of amides is 1. The normalized spacial score (nSPS) is 18.9. The molecule has 0 saturated carbocycles. The van der Waals surface area contributed by atoms with Gasteiger partial charge in [-0.05, 0) is 19.1 Å². The highest BCUT2D eigenvalue weighted by atomic mass is 35.5. The highest BCUT2D eigenvalue weighted by Gasteiger charge is 2.28. The second-order valence-electron chi connectivity index (χ2n) is 5.34. The molecule has 0 aromatic heterocycles. The second kappa shape index (κ2) is 6.95. The number of benzene rings is 1. The summed E-state index contributed by atoms with van der Waals surface area (Å²) in [7, 11) is -3.16. The van der Waals surface area contributed by atoms with Gasteiger partial charge in [0.25, 0.3) is 0 Å². The van der Waals surface area contributed by atoms with Gasteiger partial charge in [-0.25, -0.2) is 8.42 Å². The van der Waals surface area contributed by atoms with Gasteiger partial charge in [-0.3, -0.25) is 9.69 Å². The summed E-state index contributed by atoms with van der Waals surface area (Å²) < 4.78 is 24.4. The number of rotatable bonds is 4. The summed E-state index contributed by atoms with van der Waals surface area (Å²) in [5.74, 6) is -0.152. The van der Waals surface area contributed by atoms with E-state index in [1.807, 2.05) is 11.8 Å². The number of para-hydroxylation sites is 1. The summed E-state index contributed by atoms with van der Waals surface area (Å²) in [4.78, 5) is 14.3. The zero-order chi connectivity index (χ0) is 16.3. The molecular weight excluding hydrogens is 326 g/mol. The molecule has 1 aliphatic heterocycles. The van der Waals surface area contributed by atoms with Gasteiger partial charge in [0.2, 0.25) is 15.9 Å². The lowest BCUT2D eigenvalue weighted by atomic mass is 10.2. The van der Waals surface area contributed by atoms with E-state index in [4.69, 9.17) is 11.6 Å². The Kier molecular flexibility index (Phi) is 5.44. The van der Waals surface area contributed by atoms with Gasteiger partial charge in [0.15, 0.2) is 0 Å². The van der Waals surface area contributed by atoms with Crippen LogP contribution in [0.25, 0.3) is 0 Å². The fourth-order valence-electron chi connectivity index (χ4n) is 2.39. The molecule has 8 heteroatoms. The highest BCUT2D eigenvalue weighted by Crippen LogP contribution is 2.21. The topological polar surface area (TPSA) is 69.7 Å². The van der Waals surface area contributed by atoms with Crippen molar-refractivity contribution in [3.8, 4) is 0 Å². The molecule has 1 unspecified atom stereocenters. The largest absolute Gasteiger partial charge is 0.323 e. The van der Waals surface area contributed by atoms with Crippen LogP contribution in [0.4, 0.5) is 5.69 Å². The first kappa shape index (κ1) is 17.2. The molecule has 1 atom stereocenters. The molecule has 1 saturated heterocycles. The van der Waals surface area contributed by atoms with Crippen LogP contribution in [-0.2, 0) is 14.8 Å². The van der Waals surface area contributed by atoms with Gasteiger partial charge >= 0.3 is 0 Å². The summed E-state index contributed by atoms with van der Waals surface area (Å²) in [6.07, 6.45) is 1.20. The first-order valence-corrected chi connectivity index (χ1v) is 9.26. The summed E-state index contributed by atoms with van der Waals surface area (Å²) >= 11 is 6.03. The van der Waals surface area contributed by atoms with Crippen molar-refractivity contribution in [3.05, 3.63) is 29.3 Å². The standard InChI is InChI=1S/C14H20ClN3O3S/c1-11(14(19)16-13-6-4-3-5-12(13)15)17-7-9-18(10-8-17)22(2,20)21/h3-6,11H,7-10H2,1-2H3,(H,16,19). The number of anilines is 1. The summed E-state index contributed by atoms with van der Waals surface area (Å²) in [6.45, 7) is 3.68. The van der Waals surface area contributed by atoms with E-state index >= 15 is 0 Å². The predicted octanol–water partition coefficient (Wildman–Crippen LogP) is 1.24. The third-order valence-electron chi connectivity index (χ3n) is 3.80. The average Bonchev–Trinajstić information content (AvgIpc) is 2.48. The van der Waals surface area contributed by atoms with Crippen molar-refractivity contribution in [3.63, 3.8) is 0 Å². The molecule has 1 N–H and O–H groups in total. The molecule has 1 aliphatic rings. The first-order chi connectivity index (χ1) is 10.3. The Morgan fingerprint density at radius 3 is 2.36 bits per heavy atom. The van der Waals surface area contributed by atoms with Crippen molar-refractivity contribution in [1.29, 1.82) is 0 Å². The molecule has 122 valence electrons. The van der Waals surface area contributed by atoms with E-state index in [9.17, 15) is 13.2 Å². The second-order valence-corrected chi connectivity index (χ2v) is 7.73. The monoisotopic (exact) mass is 345 g/mol. The minimum atomic E-state index is -3.16. The third kappa shape index (κ3) is 4.19. The van der Waals surface area contributed by atoms with Gasteiger partial charge in [-0.15, -0.1) is 0 Å². The molecule has 6 nitrogen and oxygen atoms in total. The van der Waals surface area contributed by atoms with Crippen molar-refractivity contribution in [2.45, 2.75) is 13.0 Å². The third-order valence-corrected chi connectivity index (χ3v) is 5.43. The number of sulfonamides is 1. The molecule has 2 rings (SSSR count). The summed E-state index contributed by atoms with van der Waals surface area (Å²) in [5, 5.41) is 3.30. The molecule has 22 heavy (non-hydrogen) atoms. The van der Waals surface area contributed by atoms with Gasteiger partial charge < -0.3 is 5.32 Å². The zero-order valence-electron chi connectivity index (χ0n) is 12.6. The van der Waals surface area contributed by atoms with Crippen LogP contribution in [0.2, 0.25) is 5.02 Å². The van der Waals surface area contributed by atoms with E-state index in [1.165, 1.54) is 10.6 Å². The number of carbonyl (C=O) groups is 1. The van der Waals surface area contributed by atoms with Gasteiger partial charge in [-0.1, -0.05) is 23.7 Å². The molecule has 1 aromatic rings. The lowest BCUT2D eigenvalue weighted by molar-refractivity contribution is -0.121. The average molecular weight is 346 g/mol. The molecule has 0 bridgehead atoms. The van der Waals surface area contributed by atoms with Crippen LogP contribution in [0.3, 0.4) is 0 Å². The van der Waals surface area contributed by atoms with Gasteiger partial charge in [0, 0.05) is 26.2 Å². The van der Waals surface area contributed by atoms with E-state index in [0.717, 1.165) is 0 Å². The van der Waals surface area contributed by atoms with Crippen LogP contribution in [-0.4, -0.2) is 62.0 Å². The van der Waals surface area contributed by atoms with Crippen LogP contribution < -0.4 is 5.32 Å². The first-order valence-electron chi connectivity index (χ1n) is 7.03. The fraction of sp³-hybridized carbons (Fsp3) is 0.500. The quantitative estimate of drug-likeness (QED) is 0.891. The van der Waals surface area contributed by atoms with Crippen LogP contribution in [0, 0.1) is 0 Å². The smallest absolute Gasteiger partial charge is 0.241 e. The van der Waals surface area contributed by atoms with Gasteiger partial charge in [-0.2, -0.15) is 4.31 Å². The number of carbonyl (C=O) groups excluding carboxylic acids is 1. The Bertz CT molecular complexity index is 642. The highest BCUT2D eigenvalue weighted by molar-refractivity contribution is 7.88. The minimum Gasteiger partial charge on any atom is -0.323 e. The predicted molar refractivity (Wildman–Crippen MR) is 87.5 cm³/mol. The van der Waals surface area contributed by atoms with Crippen molar-refractivity contribution >= 4 is 33.2 Å². The van der Waals surface area contributed by atoms with E-state index in [-0.39, 0.29) is 11.9 Å². The number of piperazine rings is 1. The number of hydrogen-bond donors (Lipinski definition) is 1. The molecule has 0 radical (unpaired) electrons. The summed E-state index contributed by atoms with van der Waals surface area (Å²) in [6, 6.07) is 6.71. The van der Waals surface area contributed by atoms with Crippen LogP contribution in [0.5, 0.6) is 0 Å². The van der Waals surface area contributed by atoms with E-state index in [2.05, 4.69) is 5.32 Å². The van der Waals surface area contributed by atoms with E-state index in [0.29, 0.717) is 36.9 Å². The molecule has 1 heterocycles. The van der Waals surface area contributed by atoms with Crippen LogP contribution in [0.15, 0.2) is 24.3 Å². The molecule has 1 amide bonds. The number of nitrogens with one attached hydrogen (secondary N) is 1. The molecule has 0 spiro atoms. The van der Waals surface area contributed by atoms with Crippen molar-refractivity contribution in [1.82, 2.24) is 9.21 Å². The number of halogens is 1. The van der Waals surface area contributed by atoms with Crippen molar-refractivity contribution in [2.75, 3.05) is 37.8 Å². The lowest BCUT2D eigenvalue weighted by Gasteiger charge is -2.36. The Morgan fingerprint density at radius 1 is 1.23 bits per heavy atom.